The zero-order valence-electron chi connectivity index (χ0n) is 13.3. The zero-order valence-corrected chi connectivity index (χ0v) is 13.3. The molecule has 0 unspecified atom stereocenters. The number of anilines is 1. The van der Waals surface area contributed by atoms with Gasteiger partial charge in [0.2, 0.25) is 0 Å². The molecular weight excluding hydrogens is 328 g/mol. The monoisotopic (exact) mass is 343 g/mol. The highest BCUT2D eigenvalue weighted by Gasteiger charge is 2.14. The highest BCUT2D eigenvalue weighted by Crippen LogP contribution is 2.22. The third kappa shape index (κ3) is 3.82. The Labute approximate surface area is 142 Å². The maximum absolute atomic E-state index is 13.6. The van der Waals surface area contributed by atoms with E-state index in [1.54, 1.807) is 12.1 Å². The third-order valence-electron chi connectivity index (χ3n) is 3.46. The summed E-state index contributed by atoms with van der Waals surface area (Å²) in [6.45, 7) is 2.47. The average molecular weight is 343 g/mol. The van der Waals surface area contributed by atoms with Crippen molar-refractivity contribution in [2.75, 3.05) is 11.9 Å². The van der Waals surface area contributed by atoms with Crippen LogP contribution < -0.4 is 10.1 Å². The van der Waals surface area contributed by atoms with Crippen LogP contribution in [0.3, 0.4) is 0 Å². The molecule has 1 heterocycles. The number of hydrogen-bond acceptors (Lipinski definition) is 3. The van der Waals surface area contributed by atoms with Gasteiger partial charge in [-0.2, -0.15) is 5.10 Å². The Morgan fingerprint density at radius 2 is 1.92 bits per heavy atom. The van der Waals surface area contributed by atoms with Crippen LogP contribution >= 0.6 is 0 Å². The number of carbonyl (C=O) groups is 1. The van der Waals surface area contributed by atoms with Crippen LogP contribution in [0.4, 0.5) is 14.5 Å². The van der Waals surface area contributed by atoms with E-state index in [0.717, 1.165) is 29.5 Å². The highest BCUT2D eigenvalue weighted by molar-refractivity contribution is 6.03. The Bertz CT molecular complexity index is 892. The fraction of sp³-hybridized carbons (Fsp3) is 0.111. The van der Waals surface area contributed by atoms with Crippen LogP contribution in [0.15, 0.2) is 48.5 Å². The van der Waals surface area contributed by atoms with Crippen molar-refractivity contribution in [2.45, 2.75) is 6.92 Å². The lowest BCUT2D eigenvalue weighted by Gasteiger charge is -2.04. The number of benzene rings is 2. The molecule has 0 aliphatic carbocycles. The summed E-state index contributed by atoms with van der Waals surface area (Å²) < 4.78 is 32.1. The number of aromatic nitrogens is 2. The van der Waals surface area contributed by atoms with Gasteiger partial charge in [0, 0.05) is 11.6 Å². The molecule has 7 heteroatoms. The smallest absolute Gasteiger partial charge is 0.273 e. The van der Waals surface area contributed by atoms with Crippen LogP contribution in [0.25, 0.3) is 11.3 Å². The lowest BCUT2D eigenvalue weighted by atomic mass is 10.1. The number of nitrogens with zero attached hydrogens (tertiary/aromatic N) is 1. The molecule has 0 saturated heterocycles. The summed E-state index contributed by atoms with van der Waals surface area (Å²) in [7, 11) is 0. The standard InChI is InChI=1S/C18H15F2N3O2/c1-2-25-13-6-3-11(4-7-13)15-10-17(23-22-15)18(24)21-16-9-12(19)5-8-14(16)20/h3-10H,2H2,1H3,(H,21,24)(H,22,23). The molecule has 0 fully saturated rings. The molecule has 0 bridgehead atoms. The summed E-state index contributed by atoms with van der Waals surface area (Å²) in [5.41, 5.74) is 1.23. The quantitative estimate of drug-likeness (QED) is 0.736. The second-order valence-electron chi connectivity index (χ2n) is 5.20. The van der Waals surface area contributed by atoms with Crippen molar-refractivity contribution in [3.63, 3.8) is 0 Å². The van der Waals surface area contributed by atoms with E-state index in [1.165, 1.54) is 6.07 Å². The molecule has 1 amide bonds. The first-order chi connectivity index (χ1) is 12.1. The Balaban J connectivity index is 1.76. The van der Waals surface area contributed by atoms with Gasteiger partial charge in [0.25, 0.3) is 5.91 Å². The second kappa shape index (κ2) is 7.12. The summed E-state index contributed by atoms with van der Waals surface area (Å²) in [6.07, 6.45) is 0. The number of amides is 1. The summed E-state index contributed by atoms with van der Waals surface area (Å²) >= 11 is 0. The third-order valence-corrected chi connectivity index (χ3v) is 3.46. The van der Waals surface area contributed by atoms with Crippen molar-refractivity contribution in [3.05, 3.63) is 65.9 Å². The molecule has 0 spiro atoms. The lowest BCUT2D eigenvalue weighted by Crippen LogP contribution is -2.13. The maximum Gasteiger partial charge on any atom is 0.273 e. The van der Waals surface area contributed by atoms with E-state index < -0.39 is 17.5 Å². The van der Waals surface area contributed by atoms with Crippen molar-refractivity contribution in [2.24, 2.45) is 0 Å². The van der Waals surface area contributed by atoms with Crippen LogP contribution in [0.5, 0.6) is 5.75 Å². The molecule has 0 saturated carbocycles. The van der Waals surface area contributed by atoms with E-state index in [1.807, 2.05) is 19.1 Å². The van der Waals surface area contributed by atoms with Gasteiger partial charge in [0.05, 0.1) is 18.0 Å². The van der Waals surface area contributed by atoms with Gasteiger partial charge >= 0.3 is 0 Å². The van der Waals surface area contributed by atoms with Crippen LogP contribution in [0, 0.1) is 11.6 Å². The molecular formula is C18H15F2N3O2. The summed E-state index contributed by atoms with van der Waals surface area (Å²) in [5.74, 6) is -1.24. The zero-order chi connectivity index (χ0) is 17.8. The van der Waals surface area contributed by atoms with Gasteiger partial charge in [-0.05, 0) is 49.4 Å². The van der Waals surface area contributed by atoms with E-state index in [-0.39, 0.29) is 11.4 Å². The van der Waals surface area contributed by atoms with E-state index >= 15 is 0 Å². The largest absolute Gasteiger partial charge is 0.494 e. The fourth-order valence-electron chi connectivity index (χ4n) is 2.26. The van der Waals surface area contributed by atoms with Crippen molar-refractivity contribution in [1.82, 2.24) is 10.2 Å². The molecule has 128 valence electrons. The summed E-state index contributed by atoms with van der Waals surface area (Å²) in [6, 6.07) is 11.6. The number of nitrogens with one attached hydrogen (secondary N) is 2. The maximum atomic E-state index is 13.6. The number of ether oxygens (including phenoxy) is 1. The minimum absolute atomic E-state index is 0.132. The number of halogens is 2. The van der Waals surface area contributed by atoms with Crippen molar-refractivity contribution >= 4 is 11.6 Å². The number of H-pyrrole nitrogens is 1. The van der Waals surface area contributed by atoms with E-state index in [2.05, 4.69) is 15.5 Å². The first-order valence-corrected chi connectivity index (χ1v) is 7.62. The summed E-state index contributed by atoms with van der Waals surface area (Å²) in [5, 5.41) is 8.97. The molecule has 1 aromatic heterocycles. The molecule has 0 radical (unpaired) electrons. The fourth-order valence-corrected chi connectivity index (χ4v) is 2.26. The van der Waals surface area contributed by atoms with E-state index in [4.69, 9.17) is 4.74 Å². The molecule has 3 aromatic rings. The Morgan fingerprint density at radius 3 is 2.64 bits per heavy atom. The highest BCUT2D eigenvalue weighted by atomic mass is 19.1. The van der Waals surface area contributed by atoms with Gasteiger partial charge in [0.1, 0.15) is 23.1 Å². The van der Waals surface area contributed by atoms with Gasteiger partial charge in [-0.3, -0.25) is 9.89 Å². The average Bonchev–Trinajstić information content (AvgIpc) is 3.09. The predicted molar refractivity (Wildman–Crippen MR) is 89.5 cm³/mol. The van der Waals surface area contributed by atoms with Crippen molar-refractivity contribution < 1.29 is 18.3 Å². The van der Waals surface area contributed by atoms with E-state index in [0.29, 0.717) is 12.3 Å². The molecule has 2 N–H and O–H groups in total. The van der Waals surface area contributed by atoms with E-state index in [9.17, 15) is 13.6 Å². The number of rotatable bonds is 5. The first-order valence-electron chi connectivity index (χ1n) is 7.62. The van der Waals surface area contributed by atoms with Gasteiger partial charge in [-0.15, -0.1) is 0 Å². The molecule has 5 nitrogen and oxygen atoms in total. The minimum atomic E-state index is -0.721. The van der Waals surface area contributed by atoms with Crippen molar-refractivity contribution in [1.29, 1.82) is 0 Å². The predicted octanol–water partition coefficient (Wildman–Crippen LogP) is 4.01. The molecule has 0 aliphatic heterocycles. The number of carbonyl (C=O) groups excluding carboxylic acids is 1. The van der Waals surface area contributed by atoms with Crippen molar-refractivity contribution in [3.8, 4) is 17.0 Å². The SMILES string of the molecule is CCOc1ccc(-c2cc(C(=O)Nc3cc(F)ccc3F)[nH]n2)cc1. The Morgan fingerprint density at radius 1 is 1.16 bits per heavy atom. The van der Waals surface area contributed by atoms with Crippen LogP contribution in [0.2, 0.25) is 0 Å². The summed E-state index contributed by atoms with van der Waals surface area (Å²) in [4.78, 5) is 12.2. The van der Waals surface area contributed by atoms with Gasteiger partial charge < -0.3 is 10.1 Å². The van der Waals surface area contributed by atoms with Crippen LogP contribution in [0.1, 0.15) is 17.4 Å². The minimum Gasteiger partial charge on any atom is -0.494 e. The molecule has 0 aliphatic rings. The first kappa shape index (κ1) is 16.6. The Hall–Kier alpha value is -3.22. The normalized spacial score (nSPS) is 10.5. The van der Waals surface area contributed by atoms with Gasteiger partial charge in [-0.25, -0.2) is 8.78 Å². The van der Waals surface area contributed by atoms with Gasteiger partial charge in [-0.1, -0.05) is 0 Å². The second-order valence-corrected chi connectivity index (χ2v) is 5.20. The molecule has 2 aromatic carbocycles. The Kier molecular flexibility index (Phi) is 4.74. The molecule has 0 atom stereocenters. The van der Waals surface area contributed by atoms with Crippen LogP contribution in [-0.4, -0.2) is 22.7 Å². The number of aromatic amines is 1. The number of hydrogen-bond donors (Lipinski definition) is 2. The topological polar surface area (TPSA) is 67.0 Å². The van der Waals surface area contributed by atoms with Gasteiger partial charge in [0.15, 0.2) is 0 Å². The molecule has 25 heavy (non-hydrogen) atoms. The molecule has 3 rings (SSSR count). The lowest BCUT2D eigenvalue weighted by molar-refractivity contribution is 0.102. The van der Waals surface area contributed by atoms with Crippen LogP contribution in [-0.2, 0) is 0 Å².